The first-order chi connectivity index (χ1) is 16.6. The lowest BCUT2D eigenvalue weighted by molar-refractivity contribution is 0.476. The third-order valence-corrected chi connectivity index (χ3v) is 7.67. The van der Waals surface area contributed by atoms with Gasteiger partial charge in [-0.2, -0.15) is 4.52 Å². The van der Waals surface area contributed by atoms with E-state index in [-0.39, 0.29) is 5.82 Å². The highest BCUT2D eigenvalue weighted by molar-refractivity contribution is 7.96. The van der Waals surface area contributed by atoms with Crippen LogP contribution in [0.25, 0.3) is 16.9 Å². The Morgan fingerprint density at radius 2 is 1.91 bits per heavy atom. The van der Waals surface area contributed by atoms with Gasteiger partial charge in [-0.3, -0.25) is 4.72 Å². The van der Waals surface area contributed by atoms with E-state index in [0.717, 1.165) is 71.7 Å². The standard InChI is InChI=1S/C24H28FN7S2/c1-4-19-23(30(2)24-27-20(15-34-24)16-5-7-17(25)8-6-16)32-21(26-19)9-10-22(28-32)31-13-11-18(12-14-31)29-33-3/h5-10,15,18,29H,4,11-14H2,1-3H3. The highest BCUT2D eigenvalue weighted by Crippen LogP contribution is 2.34. The maximum atomic E-state index is 13.3. The average molecular weight is 498 g/mol. The molecule has 5 rings (SSSR count). The van der Waals surface area contributed by atoms with Crippen molar-refractivity contribution >= 4 is 45.7 Å². The molecule has 0 unspecified atom stereocenters. The van der Waals surface area contributed by atoms with Crippen molar-refractivity contribution in [2.75, 3.05) is 36.2 Å². The molecule has 0 spiro atoms. The van der Waals surface area contributed by atoms with E-state index in [1.54, 1.807) is 35.4 Å². The minimum Gasteiger partial charge on any atom is -0.355 e. The van der Waals surface area contributed by atoms with Crippen molar-refractivity contribution < 1.29 is 4.39 Å². The van der Waals surface area contributed by atoms with Gasteiger partial charge in [0.05, 0.1) is 11.4 Å². The SMILES string of the molecule is CCc1nc2ccc(N3CCC(NSC)CC3)nn2c1N(C)c1nc(-c2ccc(F)cc2)cs1. The van der Waals surface area contributed by atoms with Gasteiger partial charge in [-0.25, -0.2) is 14.4 Å². The van der Waals surface area contributed by atoms with Crippen LogP contribution >= 0.6 is 23.3 Å². The third-order valence-electron chi connectivity index (χ3n) is 6.18. The fourth-order valence-electron chi connectivity index (χ4n) is 4.35. The van der Waals surface area contributed by atoms with Crippen molar-refractivity contribution in [1.82, 2.24) is 24.3 Å². The van der Waals surface area contributed by atoms with Crippen molar-refractivity contribution in [3.63, 3.8) is 0 Å². The van der Waals surface area contributed by atoms with Crippen LogP contribution in [0, 0.1) is 5.82 Å². The summed E-state index contributed by atoms with van der Waals surface area (Å²) >= 11 is 3.25. The van der Waals surface area contributed by atoms with E-state index in [2.05, 4.69) is 39.8 Å². The molecule has 1 aliphatic heterocycles. The minimum absolute atomic E-state index is 0.249. The molecular formula is C24H28FN7S2. The number of aryl methyl sites for hydroxylation is 1. The van der Waals surface area contributed by atoms with Crippen LogP contribution in [0.15, 0.2) is 41.8 Å². The Kier molecular flexibility index (Phi) is 6.71. The Bertz CT molecular complexity index is 1260. The molecule has 1 aliphatic rings. The Morgan fingerprint density at radius 1 is 1.15 bits per heavy atom. The lowest BCUT2D eigenvalue weighted by atomic mass is 10.1. The van der Waals surface area contributed by atoms with Crippen molar-refractivity contribution in [3.8, 4) is 11.3 Å². The second-order valence-electron chi connectivity index (χ2n) is 8.36. The molecule has 0 aliphatic carbocycles. The largest absolute Gasteiger partial charge is 0.355 e. The van der Waals surface area contributed by atoms with Crippen LogP contribution in [-0.2, 0) is 6.42 Å². The number of nitrogens with zero attached hydrogens (tertiary/aromatic N) is 6. The maximum Gasteiger partial charge on any atom is 0.191 e. The van der Waals surface area contributed by atoms with Crippen LogP contribution in [0.5, 0.6) is 0 Å². The second-order valence-corrected chi connectivity index (χ2v) is 9.84. The van der Waals surface area contributed by atoms with Crippen LogP contribution in [-0.4, -0.2) is 52.0 Å². The van der Waals surface area contributed by atoms with Gasteiger partial charge in [0.2, 0.25) is 0 Å². The molecule has 0 radical (unpaired) electrons. The number of benzene rings is 1. The molecule has 0 saturated carbocycles. The lowest BCUT2D eigenvalue weighted by Crippen LogP contribution is -2.40. The highest BCUT2D eigenvalue weighted by atomic mass is 32.2. The summed E-state index contributed by atoms with van der Waals surface area (Å²) in [5.74, 6) is 1.65. The molecule has 4 heterocycles. The number of hydrogen-bond donors (Lipinski definition) is 1. The highest BCUT2D eigenvalue weighted by Gasteiger charge is 2.23. The van der Waals surface area contributed by atoms with Gasteiger partial charge in [0, 0.05) is 37.1 Å². The first-order valence-corrected chi connectivity index (χ1v) is 13.5. The minimum atomic E-state index is -0.249. The normalized spacial score (nSPS) is 14.8. The van der Waals surface area contributed by atoms with E-state index < -0.39 is 0 Å². The molecule has 34 heavy (non-hydrogen) atoms. The van der Waals surface area contributed by atoms with Crippen LogP contribution < -0.4 is 14.5 Å². The summed E-state index contributed by atoms with van der Waals surface area (Å²) in [5.41, 5.74) is 3.53. The molecule has 1 saturated heterocycles. The lowest BCUT2D eigenvalue weighted by Gasteiger charge is -2.32. The van der Waals surface area contributed by atoms with Gasteiger partial charge in [-0.15, -0.1) is 16.4 Å². The molecule has 0 atom stereocenters. The van der Waals surface area contributed by atoms with E-state index in [0.29, 0.717) is 6.04 Å². The van der Waals surface area contributed by atoms with Crippen LogP contribution in [0.2, 0.25) is 0 Å². The molecule has 10 heteroatoms. The average Bonchev–Trinajstić information content (AvgIpc) is 3.49. The van der Waals surface area contributed by atoms with Crippen molar-refractivity contribution in [2.45, 2.75) is 32.2 Å². The summed E-state index contributed by atoms with van der Waals surface area (Å²) in [6, 6.07) is 11.1. The zero-order valence-electron chi connectivity index (χ0n) is 19.5. The van der Waals surface area contributed by atoms with Gasteiger partial charge < -0.3 is 9.80 Å². The number of rotatable bonds is 7. The molecule has 1 fully saturated rings. The van der Waals surface area contributed by atoms with Crippen LogP contribution in [0.1, 0.15) is 25.5 Å². The fourth-order valence-corrected chi connectivity index (χ4v) is 5.72. The van der Waals surface area contributed by atoms with E-state index in [4.69, 9.17) is 15.1 Å². The van der Waals surface area contributed by atoms with E-state index >= 15 is 0 Å². The summed E-state index contributed by atoms with van der Waals surface area (Å²) in [6.45, 7) is 4.06. The van der Waals surface area contributed by atoms with E-state index in [9.17, 15) is 4.39 Å². The van der Waals surface area contributed by atoms with E-state index in [1.807, 2.05) is 16.9 Å². The molecule has 1 N–H and O–H groups in total. The Morgan fingerprint density at radius 3 is 2.62 bits per heavy atom. The first-order valence-electron chi connectivity index (χ1n) is 11.4. The van der Waals surface area contributed by atoms with Gasteiger partial charge in [0.1, 0.15) is 11.6 Å². The molecule has 1 aromatic carbocycles. The van der Waals surface area contributed by atoms with Gasteiger partial charge in [0.25, 0.3) is 0 Å². The predicted molar refractivity (Wildman–Crippen MR) is 140 cm³/mol. The summed E-state index contributed by atoms with van der Waals surface area (Å²) in [5, 5.41) is 7.85. The predicted octanol–water partition coefficient (Wildman–Crippen LogP) is 5.16. The van der Waals surface area contributed by atoms with E-state index in [1.165, 1.54) is 12.1 Å². The molecule has 0 bridgehead atoms. The quantitative estimate of drug-likeness (QED) is 0.354. The van der Waals surface area contributed by atoms with Gasteiger partial charge in [-0.05, 0) is 61.9 Å². The summed E-state index contributed by atoms with van der Waals surface area (Å²) in [7, 11) is 2.00. The number of imidazole rings is 1. The number of fused-ring (bicyclic) bond motifs is 1. The third kappa shape index (κ3) is 4.49. The molecule has 4 aromatic rings. The van der Waals surface area contributed by atoms with Gasteiger partial charge in [0.15, 0.2) is 16.6 Å². The van der Waals surface area contributed by atoms with Crippen molar-refractivity contribution in [3.05, 3.63) is 53.3 Å². The molecule has 178 valence electrons. The smallest absolute Gasteiger partial charge is 0.191 e. The summed E-state index contributed by atoms with van der Waals surface area (Å²) in [4.78, 5) is 14.1. The van der Waals surface area contributed by atoms with Gasteiger partial charge in [-0.1, -0.05) is 18.9 Å². The molecule has 0 amide bonds. The second kappa shape index (κ2) is 9.89. The van der Waals surface area contributed by atoms with Crippen LogP contribution in [0.4, 0.5) is 21.2 Å². The van der Waals surface area contributed by atoms with Crippen molar-refractivity contribution in [1.29, 1.82) is 0 Å². The topological polar surface area (TPSA) is 61.6 Å². The fraction of sp³-hybridized carbons (Fsp3) is 0.375. The molecule has 7 nitrogen and oxygen atoms in total. The van der Waals surface area contributed by atoms with Crippen LogP contribution in [0.3, 0.4) is 0 Å². The Hall–Kier alpha value is -2.69. The zero-order chi connectivity index (χ0) is 23.7. The number of halogens is 1. The molecule has 3 aromatic heterocycles. The Balaban J connectivity index is 1.45. The molecular weight excluding hydrogens is 469 g/mol. The summed E-state index contributed by atoms with van der Waals surface area (Å²) in [6.07, 6.45) is 5.07. The van der Waals surface area contributed by atoms with Gasteiger partial charge >= 0.3 is 0 Å². The Labute approximate surface area is 207 Å². The number of thiazole rings is 1. The number of piperidine rings is 1. The first kappa shape index (κ1) is 23.1. The number of aromatic nitrogens is 4. The summed E-state index contributed by atoms with van der Waals surface area (Å²) < 4.78 is 18.7. The van der Waals surface area contributed by atoms with Crippen molar-refractivity contribution in [2.24, 2.45) is 0 Å². The number of hydrogen-bond acceptors (Lipinski definition) is 8. The maximum absolute atomic E-state index is 13.3. The number of nitrogens with one attached hydrogen (secondary N) is 1. The number of anilines is 3. The zero-order valence-corrected chi connectivity index (χ0v) is 21.2. The monoisotopic (exact) mass is 497 g/mol.